The first kappa shape index (κ1) is 13.8. The van der Waals surface area contributed by atoms with Crippen molar-refractivity contribution in [3.8, 4) is 0 Å². The highest BCUT2D eigenvalue weighted by molar-refractivity contribution is 5.96. The average Bonchev–Trinajstić information content (AvgIpc) is 2.82. The Labute approximate surface area is 113 Å². The average molecular weight is 264 g/mol. The molecule has 5 nitrogen and oxygen atoms in total. The minimum Gasteiger partial charge on any atom is -0.465 e. The third-order valence-corrected chi connectivity index (χ3v) is 3.46. The van der Waals surface area contributed by atoms with Crippen LogP contribution < -0.4 is 5.73 Å². The van der Waals surface area contributed by atoms with Gasteiger partial charge in [-0.3, -0.25) is 4.90 Å². The Morgan fingerprint density at radius 2 is 2.16 bits per heavy atom. The van der Waals surface area contributed by atoms with Gasteiger partial charge in [0.25, 0.3) is 0 Å². The molecule has 0 saturated heterocycles. The summed E-state index contributed by atoms with van der Waals surface area (Å²) in [4.78, 5) is 13.9. The number of carbonyl (C=O) groups is 1. The topological polar surface area (TPSA) is 64.8 Å². The molecule has 1 aliphatic heterocycles. The number of nitrogens with zero attached hydrogens (tertiary/aromatic N) is 1. The summed E-state index contributed by atoms with van der Waals surface area (Å²) in [5.41, 5.74) is 9.34. The van der Waals surface area contributed by atoms with E-state index >= 15 is 0 Å². The number of benzene rings is 1. The van der Waals surface area contributed by atoms with Crippen molar-refractivity contribution in [3.05, 3.63) is 28.8 Å². The number of nitrogens with two attached hydrogens (primary N) is 1. The van der Waals surface area contributed by atoms with Gasteiger partial charge in [-0.2, -0.15) is 0 Å². The van der Waals surface area contributed by atoms with Crippen LogP contribution in [0.5, 0.6) is 0 Å². The van der Waals surface area contributed by atoms with Gasteiger partial charge >= 0.3 is 5.97 Å². The molecule has 0 saturated carbocycles. The smallest absolute Gasteiger partial charge is 0.339 e. The van der Waals surface area contributed by atoms with Crippen LogP contribution in [-0.2, 0) is 22.6 Å². The van der Waals surface area contributed by atoms with E-state index in [1.165, 1.54) is 12.7 Å². The summed E-state index contributed by atoms with van der Waals surface area (Å²) in [5, 5.41) is 0. The maximum atomic E-state index is 11.6. The number of hydrogen-bond acceptors (Lipinski definition) is 5. The Morgan fingerprint density at radius 1 is 1.37 bits per heavy atom. The summed E-state index contributed by atoms with van der Waals surface area (Å²) in [6.07, 6.45) is 0.994. The molecular weight excluding hydrogens is 244 g/mol. The zero-order valence-electron chi connectivity index (χ0n) is 11.4. The lowest BCUT2D eigenvalue weighted by molar-refractivity contribution is 0.0602. The van der Waals surface area contributed by atoms with Crippen LogP contribution in [0, 0.1) is 0 Å². The molecule has 5 heteroatoms. The molecule has 0 unspecified atom stereocenters. The Morgan fingerprint density at radius 3 is 2.84 bits per heavy atom. The zero-order chi connectivity index (χ0) is 13.8. The van der Waals surface area contributed by atoms with Crippen LogP contribution >= 0.6 is 0 Å². The van der Waals surface area contributed by atoms with E-state index in [4.69, 9.17) is 15.2 Å². The van der Waals surface area contributed by atoms with E-state index in [1.807, 2.05) is 6.07 Å². The van der Waals surface area contributed by atoms with Crippen LogP contribution in [0.4, 0.5) is 5.69 Å². The number of hydrogen-bond donors (Lipinski definition) is 1. The lowest BCUT2D eigenvalue weighted by Gasteiger charge is -2.14. The van der Waals surface area contributed by atoms with Crippen LogP contribution in [-0.4, -0.2) is 38.2 Å². The van der Waals surface area contributed by atoms with E-state index in [-0.39, 0.29) is 5.97 Å². The van der Waals surface area contributed by atoms with Gasteiger partial charge in [0.05, 0.1) is 18.4 Å². The van der Waals surface area contributed by atoms with Crippen molar-refractivity contribution in [3.63, 3.8) is 0 Å². The van der Waals surface area contributed by atoms with Gasteiger partial charge in [0.1, 0.15) is 0 Å². The molecule has 0 radical (unpaired) electrons. The van der Waals surface area contributed by atoms with Crippen LogP contribution in [0.3, 0.4) is 0 Å². The van der Waals surface area contributed by atoms with Crippen molar-refractivity contribution in [1.29, 1.82) is 0 Å². The van der Waals surface area contributed by atoms with Crippen molar-refractivity contribution < 1.29 is 14.3 Å². The molecule has 2 rings (SSSR count). The molecule has 0 bridgehead atoms. The molecule has 19 heavy (non-hydrogen) atoms. The number of rotatable bonds is 5. The lowest BCUT2D eigenvalue weighted by Crippen LogP contribution is -2.19. The lowest BCUT2D eigenvalue weighted by atomic mass is 10.0. The number of fused-ring (bicyclic) bond motifs is 1. The second-order valence-electron chi connectivity index (χ2n) is 4.71. The monoisotopic (exact) mass is 264 g/mol. The Bertz CT molecular complexity index is 474. The molecule has 1 aromatic carbocycles. The Balaban J connectivity index is 2.11. The van der Waals surface area contributed by atoms with E-state index in [1.54, 1.807) is 13.2 Å². The first-order valence-electron chi connectivity index (χ1n) is 6.37. The molecule has 2 N–H and O–H groups in total. The van der Waals surface area contributed by atoms with Crippen LogP contribution in [0.25, 0.3) is 0 Å². The maximum absolute atomic E-state index is 11.6. The summed E-state index contributed by atoms with van der Waals surface area (Å²) in [6.45, 7) is 3.39. The minimum absolute atomic E-state index is 0.377. The van der Waals surface area contributed by atoms with E-state index in [2.05, 4.69) is 4.90 Å². The molecule has 1 aromatic rings. The summed E-state index contributed by atoms with van der Waals surface area (Å²) in [7, 11) is 3.07. The van der Waals surface area contributed by atoms with Gasteiger partial charge in [0.15, 0.2) is 0 Å². The zero-order valence-corrected chi connectivity index (χ0v) is 11.4. The third-order valence-electron chi connectivity index (χ3n) is 3.46. The number of ether oxygens (including phenoxy) is 2. The van der Waals surface area contributed by atoms with E-state index in [9.17, 15) is 4.79 Å². The largest absolute Gasteiger partial charge is 0.465 e. The van der Waals surface area contributed by atoms with Crippen LogP contribution in [0.15, 0.2) is 12.1 Å². The normalized spacial score (nSPS) is 14.4. The van der Waals surface area contributed by atoms with Crippen molar-refractivity contribution in [2.75, 3.05) is 33.1 Å². The standard InChI is InChI=1S/C14H20N2O3/c1-18-7-3-6-16-8-10-4-5-11(14(17)19-2)13(15)12(10)9-16/h4-5H,3,6-9,15H2,1-2H3. The predicted octanol–water partition coefficient (Wildman–Crippen LogP) is 1.41. The van der Waals surface area contributed by atoms with E-state index in [0.29, 0.717) is 11.3 Å². The van der Waals surface area contributed by atoms with Crippen molar-refractivity contribution >= 4 is 11.7 Å². The molecule has 1 aliphatic rings. The molecule has 0 amide bonds. The van der Waals surface area contributed by atoms with Gasteiger partial charge < -0.3 is 15.2 Å². The molecular formula is C14H20N2O3. The van der Waals surface area contributed by atoms with Crippen molar-refractivity contribution in [1.82, 2.24) is 4.90 Å². The minimum atomic E-state index is -0.377. The second-order valence-corrected chi connectivity index (χ2v) is 4.71. The number of methoxy groups -OCH3 is 2. The molecule has 0 spiro atoms. The predicted molar refractivity (Wildman–Crippen MR) is 72.8 cm³/mol. The summed E-state index contributed by atoms with van der Waals surface area (Å²) < 4.78 is 9.79. The Hall–Kier alpha value is -1.59. The number of esters is 1. The van der Waals surface area contributed by atoms with Crippen molar-refractivity contribution in [2.45, 2.75) is 19.5 Å². The summed E-state index contributed by atoms with van der Waals surface area (Å²) >= 11 is 0. The SMILES string of the molecule is COCCCN1Cc2ccc(C(=O)OC)c(N)c2C1. The fraction of sp³-hybridized carbons (Fsp3) is 0.500. The first-order valence-corrected chi connectivity index (χ1v) is 6.37. The van der Waals surface area contributed by atoms with Gasteiger partial charge in [-0.25, -0.2) is 4.79 Å². The van der Waals surface area contributed by atoms with Gasteiger partial charge in [-0.15, -0.1) is 0 Å². The summed E-state index contributed by atoms with van der Waals surface area (Å²) in [5.74, 6) is -0.377. The highest BCUT2D eigenvalue weighted by Crippen LogP contribution is 2.30. The van der Waals surface area contributed by atoms with Gasteiger partial charge in [-0.1, -0.05) is 6.07 Å². The number of anilines is 1. The second kappa shape index (κ2) is 6.04. The molecule has 0 aromatic heterocycles. The highest BCUT2D eigenvalue weighted by Gasteiger charge is 2.24. The highest BCUT2D eigenvalue weighted by atomic mass is 16.5. The van der Waals surface area contributed by atoms with Crippen LogP contribution in [0.1, 0.15) is 27.9 Å². The molecule has 0 atom stereocenters. The fourth-order valence-electron chi connectivity index (χ4n) is 2.44. The first-order chi connectivity index (χ1) is 9.17. The molecule has 0 aliphatic carbocycles. The van der Waals surface area contributed by atoms with Gasteiger partial charge in [0, 0.05) is 33.4 Å². The summed E-state index contributed by atoms with van der Waals surface area (Å²) in [6, 6.07) is 3.72. The third kappa shape index (κ3) is 2.88. The van der Waals surface area contributed by atoms with Gasteiger partial charge in [0.2, 0.25) is 0 Å². The van der Waals surface area contributed by atoms with Crippen molar-refractivity contribution in [2.24, 2.45) is 0 Å². The van der Waals surface area contributed by atoms with E-state index < -0.39 is 0 Å². The number of nitrogen functional groups attached to an aromatic ring is 1. The quantitative estimate of drug-likeness (QED) is 0.495. The molecule has 104 valence electrons. The number of carbonyl (C=O) groups excluding carboxylic acids is 1. The maximum Gasteiger partial charge on any atom is 0.339 e. The molecule has 0 fully saturated rings. The van der Waals surface area contributed by atoms with Crippen LogP contribution in [0.2, 0.25) is 0 Å². The Kier molecular flexibility index (Phi) is 4.39. The van der Waals surface area contributed by atoms with E-state index in [0.717, 1.165) is 38.2 Å². The molecule has 1 heterocycles. The fourth-order valence-corrected chi connectivity index (χ4v) is 2.44. The van der Waals surface area contributed by atoms with Gasteiger partial charge in [-0.05, 0) is 23.6 Å².